The van der Waals surface area contributed by atoms with E-state index in [1.807, 2.05) is 29.2 Å². The van der Waals surface area contributed by atoms with Crippen LogP contribution in [-0.4, -0.2) is 96.1 Å². The number of nitrogens with zero attached hydrogens (tertiary/aromatic N) is 3. The highest BCUT2D eigenvalue weighted by atomic mass is 16.5. The summed E-state index contributed by atoms with van der Waals surface area (Å²) in [5.41, 5.74) is 0.773. The molecule has 0 unspecified atom stereocenters. The lowest BCUT2D eigenvalue weighted by molar-refractivity contribution is -0.165. The van der Waals surface area contributed by atoms with Gasteiger partial charge in [0.25, 0.3) is 5.91 Å². The van der Waals surface area contributed by atoms with Gasteiger partial charge in [-0.1, -0.05) is 38.3 Å². The second-order valence-electron chi connectivity index (χ2n) is 12.9. The smallest absolute Gasteiger partial charge is 0.253 e. The monoisotopic (exact) mass is 620 g/mol. The highest BCUT2D eigenvalue weighted by Gasteiger charge is 2.55. The molecule has 2 saturated heterocycles. The molecule has 2 aliphatic heterocycles. The van der Waals surface area contributed by atoms with Crippen molar-refractivity contribution in [2.24, 2.45) is 5.92 Å². The number of rotatable bonds is 11. The number of hydrogen-bond donors (Lipinski definition) is 2. The van der Waals surface area contributed by atoms with Gasteiger partial charge in [-0.15, -0.1) is 0 Å². The number of ether oxygens (including phenoxy) is 2. The first-order valence-electron chi connectivity index (χ1n) is 16.4. The number of methoxy groups -OCH3 is 1. The number of piperazine rings is 1. The van der Waals surface area contributed by atoms with E-state index in [0.717, 1.165) is 44.1 Å². The van der Waals surface area contributed by atoms with Crippen LogP contribution < -0.4 is 14.8 Å². The van der Waals surface area contributed by atoms with Gasteiger partial charge in [0.1, 0.15) is 17.3 Å². The molecule has 3 aliphatic rings. The van der Waals surface area contributed by atoms with Gasteiger partial charge in [-0.3, -0.25) is 19.3 Å². The molecule has 0 bridgehead atoms. The van der Waals surface area contributed by atoms with Crippen molar-refractivity contribution >= 4 is 17.7 Å². The molecule has 0 aromatic heterocycles. The lowest BCUT2D eigenvalue weighted by atomic mass is 9.80. The Morgan fingerprint density at radius 2 is 1.76 bits per heavy atom. The van der Waals surface area contributed by atoms with Gasteiger partial charge in [-0.25, -0.2) is 0 Å². The molecule has 10 heteroatoms. The summed E-state index contributed by atoms with van der Waals surface area (Å²) in [6, 6.07) is 12.2. The molecule has 2 heterocycles. The van der Waals surface area contributed by atoms with Crippen LogP contribution >= 0.6 is 0 Å². The van der Waals surface area contributed by atoms with Gasteiger partial charge in [0.15, 0.2) is 11.5 Å². The fraction of sp³-hybridized carbons (Fsp3) is 0.571. The van der Waals surface area contributed by atoms with Crippen molar-refractivity contribution in [3.63, 3.8) is 0 Å². The third-order valence-electron chi connectivity index (χ3n) is 9.77. The van der Waals surface area contributed by atoms with Crippen LogP contribution in [0.4, 0.5) is 0 Å². The number of carbonyl (C=O) groups is 3. The van der Waals surface area contributed by atoms with E-state index in [0.29, 0.717) is 61.8 Å². The Kier molecular flexibility index (Phi) is 10.3. The molecule has 244 valence electrons. The van der Waals surface area contributed by atoms with Crippen molar-refractivity contribution in [3.8, 4) is 17.2 Å². The second-order valence-corrected chi connectivity index (χ2v) is 12.9. The standard InChI is InChI=1S/C35H48N4O6/c1-5-6-19-39-33(42)30(31(40)25-9-7-8-10-25)36-34(43)35(39)17-20-38(21-18-35)23-24-11-14-27(15-12-24)45-28-16-13-26(22-29(28)44-4)32(41)37(2)3/h11-16,22,25,30-31,40H,5-10,17-21,23H2,1-4H3,(H,36,43)/t30-,31-/m1/s1. The van der Waals surface area contributed by atoms with E-state index < -0.39 is 17.7 Å². The lowest BCUT2D eigenvalue weighted by Gasteiger charge is -2.52. The van der Waals surface area contributed by atoms with Gasteiger partial charge in [0.2, 0.25) is 11.8 Å². The van der Waals surface area contributed by atoms with E-state index in [-0.39, 0.29) is 23.6 Å². The third kappa shape index (κ3) is 6.97. The van der Waals surface area contributed by atoms with Crippen molar-refractivity contribution < 1.29 is 29.0 Å². The second kappa shape index (κ2) is 14.2. The largest absolute Gasteiger partial charge is 0.493 e. The first kappa shape index (κ1) is 32.8. The minimum Gasteiger partial charge on any atom is -0.493 e. The maximum absolute atomic E-state index is 13.8. The Morgan fingerprint density at radius 3 is 2.38 bits per heavy atom. The highest BCUT2D eigenvalue weighted by molar-refractivity contribution is 6.00. The summed E-state index contributed by atoms with van der Waals surface area (Å²) < 4.78 is 11.6. The van der Waals surface area contributed by atoms with E-state index in [1.165, 1.54) is 4.90 Å². The number of aliphatic hydroxyl groups is 1. The fourth-order valence-corrected chi connectivity index (χ4v) is 7.05. The van der Waals surface area contributed by atoms with Crippen LogP contribution in [0.1, 0.15) is 74.2 Å². The van der Waals surface area contributed by atoms with Gasteiger partial charge < -0.3 is 29.7 Å². The number of unbranched alkanes of at least 4 members (excludes halogenated alkanes) is 1. The third-order valence-corrected chi connectivity index (χ3v) is 9.77. The number of amides is 3. The fourth-order valence-electron chi connectivity index (χ4n) is 7.05. The molecule has 10 nitrogen and oxygen atoms in total. The maximum atomic E-state index is 13.8. The van der Waals surface area contributed by atoms with Crippen LogP contribution in [0.2, 0.25) is 0 Å². The maximum Gasteiger partial charge on any atom is 0.253 e. The molecule has 2 atom stereocenters. The van der Waals surface area contributed by atoms with E-state index >= 15 is 0 Å². The molecule has 1 aliphatic carbocycles. The number of hydrogen-bond acceptors (Lipinski definition) is 7. The van der Waals surface area contributed by atoms with Crippen LogP contribution in [0.25, 0.3) is 0 Å². The molecule has 2 aromatic rings. The molecular formula is C35H48N4O6. The summed E-state index contributed by atoms with van der Waals surface area (Å²) in [7, 11) is 4.96. The van der Waals surface area contributed by atoms with E-state index in [9.17, 15) is 19.5 Å². The average Bonchev–Trinajstić information content (AvgIpc) is 3.59. The Bertz CT molecular complexity index is 1350. The summed E-state index contributed by atoms with van der Waals surface area (Å²) in [4.78, 5) is 45.5. The Balaban J connectivity index is 1.21. The summed E-state index contributed by atoms with van der Waals surface area (Å²) in [6.07, 6.45) is 6.00. The molecular weight excluding hydrogens is 572 g/mol. The summed E-state index contributed by atoms with van der Waals surface area (Å²) in [6.45, 7) is 4.72. The molecule has 2 aromatic carbocycles. The summed E-state index contributed by atoms with van der Waals surface area (Å²) in [5.74, 6) is 1.37. The van der Waals surface area contributed by atoms with Crippen molar-refractivity contribution in [3.05, 3.63) is 53.6 Å². The molecule has 5 rings (SSSR count). The van der Waals surface area contributed by atoms with Gasteiger partial charge in [0, 0.05) is 45.8 Å². The molecule has 2 N–H and O–H groups in total. The van der Waals surface area contributed by atoms with Crippen LogP contribution in [0.5, 0.6) is 17.2 Å². The number of nitrogens with one attached hydrogen (secondary N) is 1. The van der Waals surface area contributed by atoms with Crippen LogP contribution in [-0.2, 0) is 16.1 Å². The molecule has 45 heavy (non-hydrogen) atoms. The van der Waals surface area contributed by atoms with Gasteiger partial charge >= 0.3 is 0 Å². The zero-order valence-electron chi connectivity index (χ0n) is 27.1. The molecule has 3 amide bonds. The quantitative estimate of drug-likeness (QED) is 0.387. The van der Waals surface area contributed by atoms with Gasteiger partial charge in [-0.2, -0.15) is 0 Å². The van der Waals surface area contributed by atoms with Crippen molar-refractivity contribution in [2.45, 2.75) is 82.5 Å². The Labute approximate surface area is 266 Å². The Hall–Kier alpha value is -3.63. The highest BCUT2D eigenvalue weighted by Crippen LogP contribution is 2.37. The zero-order chi connectivity index (χ0) is 32.1. The number of benzene rings is 2. The van der Waals surface area contributed by atoms with E-state index in [1.54, 1.807) is 39.4 Å². The van der Waals surface area contributed by atoms with Gasteiger partial charge in [0.05, 0.1) is 13.2 Å². The number of carbonyl (C=O) groups excluding carboxylic acids is 3. The average molecular weight is 621 g/mol. The first-order valence-corrected chi connectivity index (χ1v) is 16.4. The zero-order valence-corrected chi connectivity index (χ0v) is 27.1. The summed E-state index contributed by atoms with van der Waals surface area (Å²) >= 11 is 0. The molecule has 0 radical (unpaired) electrons. The molecule has 3 fully saturated rings. The Morgan fingerprint density at radius 1 is 1.07 bits per heavy atom. The lowest BCUT2D eigenvalue weighted by Crippen LogP contribution is -2.75. The van der Waals surface area contributed by atoms with Crippen molar-refractivity contribution in [1.82, 2.24) is 20.0 Å². The van der Waals surface area contributed by atoms with Crippen molar-refractivity contribution in [2.75, 3.05) is 40.8 Å². The van der Waals surface area contributed by atoms with Crippen LogP contribution in [0, 0.1) is 5.92 Å². The molecule has 1 saturated carbocycles. The number of likely N-dealkylation sites (tertiary alicyclic amines) is 1. The first-order chi connectivity index (χ1) is 21.7. The summed E-state index contributed by atoms with van der Waals surface area (Å²) in [5, 5.41) is 14.1. The van der Waals surface area contributed by atoms with Crippen LogP contribution in [0.15, 0.2) is 42.5 Å². The minimum absolute atomic E-state index is 0.0706. The normalized spacial score (nSPS) is 21.1. The van der Waals surface area contributed by atoms with E-state index in [4.69, 9.17) is 9.47 Å². The predicted molar refractivity (Wildman–Crippen MR) is 171 cm³/mol. The van der Waals surface area contributed by atoms with Crippen LogP contribution in [0.3, 0.4) is 0 Å². The predicted octanol–water partition coefficient (Wildman–Crippen LogP) is 4.20. The van der Waals surface area contributed by atoms with Gasteiger partial charge in [-0.05, 0) is 73.9 Å². The topological polar surface area (TPSA) is 112 Å². The number of aliphatic hydroxyl groups excluding tert-OH is 1. The van der Waals surface area contributed by atoms with E-state index in [2.05, 4.69) is 17.1 Å². The number of piperidine rings is 1. The SMILES string of the molecule is CCCCN1C(=O)[C@@H]([C@H](O)C2CCCC2)NC(=O)C12CCN(Cc1ccc(Oc3ccc(C(=O)N(C)C)cc3OC)cc1)CC2. The minimum atomic E-state index is -0.863. The molecule has 1 spiro atoms. The van der Waals surface area contributed by atoms with Crippen molar-refractivity contribution in [1.29, 1.82) is 0 Å².